The second-order valence-corrected chi connectivity index (χ2v) is 8.62. The lowest BCUT2D eigenvalue weighted by Crippen LogP contribution is -2.39. The van der Waals surface area contributed by atoms with Crippen LogP contribution in [0, 0.1) is 0 Å². The standard InChI is InChI=1S/C20H21F4N7O4/c1-19(3-4-19)28-18(32)35-12-9-33-16(15(12)21)11-6-13(30-29-11)27-17-25-5-2-14-26-10(7-31(14)17)8-34-20(22,23)24/h2,5-7,12,15-16H,3-4,8-9H2,1H3,(H,28,32)(H2,25,27,29,30)/t12-,15-,16-/m1/s1. The Morgan fingerprint density at radius 1 is 1.40 bits per heavy atom. The fourth-order valence-corrected chi connectivity index (χ4v) is 3.61. The van der Waals surface area contributed by atoms with Gasteiger partial charge in [-0.2, -0.15) is 5.10 Å². The Morgan fingerprint density at radius 2 is 2.20 bits per heavy atom. The SMILES string of the molecule is CC1(NC(=O)O[C@@H]2CO[C@H](c3cc(Nc4nccc5nc(COC(F)(F)F)cn45)n[nH]3)[C@@H]2F)CC1. The zero-order valence-electron chi connectivity index (χ0n) is 18.3. The molecule has 35 heavy (non-hydrogen) atoms. The molecule has 0 spiro atoms. The van der Waals surface area contributed by atoms with Crippen molar-refractivity contribution in [2.24, 2.45) is 0 Å². The van der Waals surface area contributed by atoms with E-state index in [9.17, 15) is 22.4 Å². The third-order valence-electron chi connectivity index (χ3n) is 5.71. The van der Waals surface area contributed by atoms with Crippen molar-refractivity contribution >= 4 is 23.5 Å². The summed E-state index contributed by atoms with van der Waals surface area (Å²) in [7, 11) is 0. The second kappa shape index (κ2) is 8.64. The molecule has 1 saturated carbocycles. The Bertz CT molecular complexity index is 1230. The minimum atomic E-state index is -4.78. The zero-order chi connectivity index (χ0) is 24.8. The van der Waals surface area contributed by atoms with Crippen LogP contribution in [0.15, 0.2) is 24.5 Å². The first-order valence-corrected chi connectivity index (χ1v) is 10.7. The lowest BCUT2D eigenvalue weighted by molar-refractivity contribution is -0.330. The van der Waals surface area contributed by atoms with Crippen LogP contribution in [0.2, 0.25) is 0 Å². The molecule has 3 aromatic rings. The van der Waals surface area contributed by atoms with Crippen LogP contribution in [0.1, 0.15) is 37.3 Å². The number of ether oxygens (including phenoxy) is 3. The number of fused-ring (bicyclic) bond motifs is 1. The van der Waals surface area contributed by atoms with Crippen LogP contribution in [0.25, 0.3) is 5.65 Å². The number of nitrogens with zero attached hydrogens (tertiary/aromatic N) is 4. The predicted octanol–water partition coefficient (Wildman–Crippen LogP) is 3.29. The van der Waals surface area contributed by atoms with Gasteiger partial charge < -0.3 is 20.1 Å². The molecule has 0 unspecified atom stereocenters. The number of aromatic amines is 1. The fourth-order valence-electron chi connectivity index (χ4n) is 3.61. The molecule has 3 atom stereocenters. The number of hydrogen-bond donors (Lipinski definition) is 3. The van der Waals surface area contributed by atoms with E-state index in [4.69, 9.17) is 9.47 Å². The molecule has 3 N–H and O–H groups in total. The summed E-state index contributed by atoms with van der Waals surface area (Å²) >= 11 is 0. The van der Waals surface area contributed by atoms with Crippen molar-refractivity contribution in [1.82, 2.24) is 29.9 Å². The summed E-state index contributed by atoms with van der Waals surface area (Å²) in [6.45, 7) is 1.01. The van der Waals surface area contributed by atoms with Gasteiger partial charge in [-0.15, -0.1) is 13.2 Å². The Balaban J connectivity index is 1.24. The van der Waals surface area contributed by atoms with Crippen molar-refractivity contribution in [3.8, 4) is 0 Å². The molecular weight excluding hydrogens is 478 g/mol. The van der Waals surface area contributed by atoms with Gasteiger partial charge in [-0.25, -0.2) is 19.2 Å². The summed E-state index contributed by atoms with van der Waals surface area (Å²) in [6, 6.07) is 3.01. The number of aromatic nitrogens is 5. The van der Waals surface area contributed by atoms with E-state index in [0.717, 1.165) is 12.8 Å². The molecule has 1 amide bonds. The summed E-state index contributed by atoms with van der Waals surface area (Å²) in [6.07, 6.45) is -4.73. The molecule has 1 aliphatic carbocycles. The van der Waals surface area contributed by atoms with Crippen molar-refractivity contribution in [1.29, 1.82) is 0 Å². The maximum absolute atomic E-state index is 14.9. The van der Waals surface area contributed by atoms with E-state index in [-0.39, 0.29) is 29.6 Å². The van der Waals surface area contributed by atoms with Gasteiger partial charge in [0.15, 0.2) is 18.1 Å². The number of rotatable bonds is 7. The van der Waals surface area contributed by atoms with Crippen molar-refractivity contribution in [3.05, 3.63) is 35.9 Å². The normalized spacial score (nSPS) is 23.4. The number of hydrogen-bond acceptors (Lipinski definition) is 8. The minimum absolute atomic E-state index is 0.0477. The quantitative estimate of drug-likeness (QED) is 0.423. The smallest absolute Gasteiger partial charge is 0.441 e. The van der Waals surface area contributed by atoms with Crippen LogP contribution in [0.3, 0.4) is 0 Å². The van der Waals surface area contributed by atoms with Gasteiger partial charge in [0, 0.05) is 24.0 Å². The maximum Gasteiger partial charge on any atom is 0.522 e. The molecule has 0 radical (unpaired) electrons. The predicted molar refractivity (Wildman–Crippen MR) is 110 cm³/mol. The summed E-state index contributed by atoms with van der Waals surface area (Å²) in [4.78, 5) is 20.2. The summed E-state index contributed by atoms with van der Waals surface area (Å²) in [5.41, 5.74) is 0.397. The van der Waals surface area contributed by atoms with Gasteiger partial charge in [0.1, 0.15) is 11.8 Å². The fraction of sp³-hybridized carbons (Fsp3) is 0.500. The van der Waals surface area contributed by atoms with Gasteiger partial charge in [-0.05, 0) is 25.8 Å². The summed E-state index contributed by atoms with van der Waals surface area (Å²) in [5.74, 6) is 0.461. The molecule has 2 fully saturated rings. The van der Waals surface area contributed by atoms with E-state index in [1.165, 1.54) is 28.9 Å². The van der Waals surface area contributed by atoms with E-state index >= 15 is 0 Å². The van der Waals surface area contributed by atoms with E-state index < -0.39 is 37.4 Å². The Labute approximate surface area is 195 Å². The van der Waals surface area contributed by atoms with Crippen LogP contribution in [-0.4, -0.2) is 61.4 Å². The molecule has 188 valence electrons. The number of H-pyrrole nitrogens is 1. The molecule has 1 saturated heterocycles. The third-order valence-corrected chi connectivity index (χ3v) is 5.71. The molecule has 1 aliphatic heterocycles. The molecule has 3 aromatic heterocycles. The number of amides is 1. The first kappa shape index (κ1) is 23.3. The largest absolute Gasteiger partial charge is 0.522 e. The van der Waals surface area contributed by atoms with E-state index in [2.05, 4.69) is 35.5 Å². The highest BCUT2D eigenvalue weighted by atomic mass is 19.4. The lowest BCUT2D eigenvalue weighted by Gasteiger charge is -2.17. The Hall–Kier alpha value is -3.46. The topological polar surface area (TPSA) is 128 Å². The van der Waals surface area contributed by atoms with Gasteiger partial charge in [-0.3, -0.25) is 14.2 Å². The molecule has 5 rings (SSSR count). The number of carbonyl (C=O) groups excluding carboxylic acids is 1. The van der Waals surface area contributed by atoms with E-state index in [1.54, 1.807) is 0 Å². The number of carbonyl (C=O) groups is 1. The monoisotopic (exact) mass is 499 g/mol. The maximum atomic E-state index is 14.9. The van der Waals surface area contributed by atoms with Crippen LogP contribution in [0.5, 0.6) is 0 Å². The van der Waals surface area contributed by atoms with Gasteiger partial charge in [0.25, 0.3) is 0 Å². The third kappa shape index (κ3) is 5.30. The number of nitrogens with one attached hydrogen (secondary N) is 3. The highest BCUT2D eigenvalue weighted by Crippen LogP contribution is 2.36. The number of alkyl halides is 4. The molecule has 4 heterocycles. The Morgan fingerprint density at radius 3 is 2.94 bits per heavy atom. The number of anilines is 2. The molecule has 0 aromatic carbocycles. The van der Waals surface area contributed by atoms with Crippen molar-refractivity contribution in [2.75, 3.05) is 11.9 Å². The average Bonchev–Trinajstić information content (AvgIpc) is 3.14. The molecule has 0 bridgehead atoms. The molecule has 15 heteroatoms. The van der Waals surface area contributed by atoms with Crippen LogP contribution < -0.4 is 10.6 Å². The van der Waals surface area contributed by atoms with E-state index in [0.29, 0.717) is 11.3 Å². The van der Waals surface area contributed by atoms with Gasteiger partial charge >= 0.3 is 12.5 Å². The van der Waals surface area contributed by atoms with Crippen LogP contribution in [0.4, 0.5) is 34.1 Å². The van der Waals surface area contributed by atoms with Crippen molar-refractivity contribution < 1.29 is 36.6 Å². The van der Waals surface area contributed by atoms with E-state index in [1.807, 2.05) is 6.92 Å². The number of halogens is 4. The molecule has 2 aliphatic rings. The number of alkyl carbamates (subject to hydrolysis) is 1. The first-order chi connectivity index (χ1) is 16.6. The van der Waals surface area contributed by atoms with Gasteiger partial charge in [0.2, 0.25) is 5.95 Å². The first-order valence-electron chi connectivity index (χ1n) is 10.7. The van der Waals surface area contributed by atoms with Gasteiger partial charge in [-0.1, -0.05) is 0 Å². The van der Waals surface area contributed by atoms with Crippen LogP contribution >= 0.6 is 0 Å². The second-order valence-electron chi connectivity index (χ2n) is 8.62. The highest BCUT2D eigenvalue weighted by molar-refractivity contribution is 5.69. The van der Waals surface area contributed by atoms with Crippen molar-refractivity contribution in [3.63, 3.8) is 0 Å². The molecular formula is C20H21F4N7O4. The Kier molecular flexibility index (Phi) is 5.75. The van der Waals surface area contributed by atoms with Crippen LogP contribution in [-0.2, 0) is 20.8 Å². The van der Waals surface area contributed by atoms with Crippen molar-refractivity contribution in [2.45, 2.75) is 56.7 Å². The lowest BCUT2D eigenvalue weighted by atomic mass is 10.1. The average molecular weight is 499 g/mol. The summed E-state index contributed by atoms with van der Waals surface area (Å²) < 4.78 is 67.8. The number of imidazole rings is 1. The highest BCUT2D eigenvalue weighted by Gasteiger charge is 2.44. The minimum Gasteiger partial charge on any atom is -0.441 e. The molecule has 11 nitrogen and oxygen atoms in total. The zero-order valence-corrected chi connectivity index (χ0v) is 18.3. The summed E-state index contributed by atoms with van der Waals surface area (Å²) in [5, 5.41) is 12.3. The van der Waals surface area contributed by atoms with Gasteiger partial charge in [0.05, 0.1) is 24.6 Å².